The van der Waals surface area contributed by atoms with E-state index in [1.807, 2.05) is 0 Å². The predicted octanol–water partition coefficient (Wildman–Crippen LogP) is -0.0416. The van der Waals surface area contributed by atoms with Gasteiger partial charge in [-0.2, -0.15) is 0 Å². The van der Waals surface area contributed by atoms with Gasteiger partial charge in [-0.1, -0.05) is 10.3 Å². The van der Waals surface area contributed by atoms with Crippen molar-refractivity contribution in [1.82, 2.24) is 10.3 Å². The van der Waals surface area contributed by atoms with Gasteiger partial charge in [0.15, 0.2) is 0 Å². The standard InChI is InChI=1S/2C3H3NO.4HNO3/c2*1-2-4-5-3-1;4*2-1(3)4/h2*1-3H;4*(H,2,3,4). The Morgan fingerprint density at radius 2 is 0.808 bits per heavy atom. The summed E-state index contributed by atoms with van der Waals surface area (Å²) in [6.45, 7) is 0. The van der Waals surface area contributed by atoms with E-state index in [1.165, 1.54) is 12.5 Å². The van der Waals surface area contributed by atoms with E-state index in [0.717, 1.165) is 0 Å². The number of hydrogen-bond acceptors (Lipinski definition) is 12. The van der Waals surface area contributed by atoms with Crippen LogP contribution in [-0.4, -0.2) is 51.5 Å². The zero-order chi connectivity index (χ0) is 21.4. The first-order valence-electron chi connectivity index (χ1n) is 4.95. The molecule has 0 spiro atoms. The smallest absolute Gasteiger partial charge is 0.291 e. The quantitative estimate of drug-likeness (QED) is 0.338. The van der Waals surface area contributed by atoms with Gasteiger partial charge in [0.05, 0.1) is 12.4 Å². The number of aromatic nitrogens is 2. The summed E-state index contributed by atoms with van der Waals surface area (Å²) < 4.78 is 8.67. The van der Waals surface area contributed by atoms with Gasteiger partial charge in [0.1, 0.15) is 12.5 Å². The summed E-state index contributed by atoms with van der Waals surface area (Å²) >= 11 is 0. The van der Waals surface area contributed by atoms with Gasteiger partial charge in [-0.3, -0.25) is 0 Å². The molecule has 0 amide bonds. The summed E-state index contributed by atoms with van der Waals surface area (Å²) in [5.41, 5.74) is 0. The zero-order valence-corrected chi connectivity index (χ0v) is 12.0. The summed E-state index contributed by atoms with van der Waals surface area (Å²) in [5.74, 6) is 0. The van der Waals surface area contributed by atoms with Crippen molar-refractivity contribution in [3.8, 4) is 0 Å². The van der Waals surface area contributed by atoms with Crippen molar-refractivity contribution in [1.29, 1.82) is 0 Å². The van der Waals surface area contributed by atoms with Crippen molar-refractivity contribution in [3.05, 3.63) is 77.5 Å². The Hall–Kier alpha value is -4.78. The summed E-state index contributed by atoms with van der Waals surface area (Å²) in [6, 6.07) is 3.44. The van der Waals surface area contributed by atoms with Gasteiger partial charge in [-0.15, -0.1) is 40.5 Å². The maximum atomic E-state index is 8.36. The van der Waals surface area contributed by atoms with Gasteiger partial charge in [-0.25, -0.2) is 0 Å². The van der Waals surface area contributed by atoms with Gasteiger partial charge >= 0.3 is 0 Å². The molecule has 0 unspecified atom stereocenters. The van der Waals surface area contributed by atoms with E-state index in [9.17, 15) is 0 Å². The first-order valence-corrected chi connectivity index (χ1v) is 4.95. The molecule has 2 aromatic rings. The van der Waals surface area contributed by atoms with Gasteiger partial charge in [0.25, 0.3) is 20.3 Å². The minimum Gasteiger partial charge on any atom is -0.365 e. The Morgan fingerprint density at radius 3 is 0.846 bits per heavy atom. The topological polar surface area (TPSA) is 306 Å². The lowest BCUT2D eigenvalue weighted by Crippen LogP contribution is -1.81. The highest BCUT2D eigenvalue weighted by Crippen LogP contribution is 1.72. The van der Waals surface area contributed by atoms with Gasteiger partial charge < -0.3 is 29.9 Å². The van der Waals surface area contributed by atoms with E-state index < -0.39 is 20.3 Å². The molecule has 0 aliphatic rings. The normalized spacial score (nSPS) is 6.77. The third-order valence-corrected chi connectivity index (χ3v) is 0.694. The third-order valence-electron chi connectivity index (χ3n) is 0.694. The molecule has 0 radical (unpaired) electrons. The molecule has 20 nitrogen and oxygen atoms in total. The second-order valence-electron chi connectivity index (χ2n) is 2.33. The highest BCUT2D eigenvalue weighted by atomic mass is 16.9. The van der Waals surface area contributed by atoms with E-state index >= 15 is 0 Å². The van der Waals surface area contributed by atoms with Crippen LogP contribution in [0.5, 0.6) is 0 Å². The van der Waals surface area contributed by atoms with Gasteiger partial charge in [0, 0.05) is 0 Å². The summed E-state index contributed by atoms with van der Waals surface area (Å²) in [5, 5.41) is 61.2. The van der Waals surface area contributed by atoms with E-state index in [-0.39, 0.29) is 0 Å². The number of nitrogens with zero attached hydrogens (tertiary/aromatic N) is 6. The Morgan fingerprint density at radius 1 is 0.615 bits per heavy atom. The summed E-state index contributed by atoms with van der Waals surface area (Å²) in [7, 11) is 0. The first-order chi connectivity index (χ1) is 11.9. The van der Waals surface area contributed by atoms with Crippen LogP contribution in [0.1, 0.15) is 0 Å². The Kier molecular flexibility index (Phi) is 28.3. The van der Waals surface area contributed by atoms with Crippen molar-refractivity contribution in [2.24, 2.45) is 0 Å². The molecule has 2 rings (SSSR count). The van der Waals surface area contributed by atoms with Crippen LogP contribution in [0.2, 0.25) is 0 Å². The van der Waals surface area contributed by atoms with Crippen LogP contribution < -0.4 is 0 Å². The highest BCUT2D eigenvalue weighted by Gasteiger charge is 1.66. The van der Waals surface area contributed by atoms with Crippen LogP contribution in [0.3, 0.4) is 0 Å². The fourth-order valence-corrected chi connectivity index (χ4v) is 0.351. The molecule has 2 aromatic heterocycles. The minimum absolute atomic E-state index is 1.50. The molecule has 0 atom stereocenters. The molecule has 20 heteroatoms. The number of hydrogen-bond donors (Lipinski definition) is 4. The van der Waals surface area contributed by atoms with Crippen LogP contribution >= 0.6 is 0 Å². The second kappa shape index (κ2) is 25.2. The van der Waals surface area contributed by atoms with Crippen molar-refractivity contribution in [2.75, 3.05) is 0 Å². The maximum Gasteiger partial charge on any atom is 0.291 e. The van der Waals surface area contributed by atoms with E-state index in [2.05, 4.69) is 19.4 Å². The fourth-order valence-electron chi connectivity index (χ4n) is 0.351. The molecular formula is C6H10N6O14. The molecule has 2 heterocycles. The molecule has 26 heavy (non-hydrogen) atoms. The summed E-state index contributed by atoms with van der Waals surface area (Å²) in [4.78, 5) is 33.4. The van der Waals surface area contributed by atoms with Crippen molar-refractivity contribution in [2.45, 2.75) is 0 Å². The first kappa shape index (κ1) is 29.3. The molecule has 0 aliphatic heterocycles. The monoisotopic (exact) mass is 390 g/mol. The molecule has 0 aromatic carbocycles. The van der Waals surface area contributed by atoms with Crippen LogP contribution in [-0.2, 0) is 0 Å². The molecular weight excluding hydrogens is 380 g/mol. The van der Waals surface area contributed by atoms with Crippen LogP contribution in [0, 0.1) is 40.5 Å². The average molecular weight is 390 g/mol. The molecule has 0 bridgehead atoms. The minimum atomic E-state index is -1.50. The molecule has 4 N–H and O–H groups in total. The summed E-state index contributed by atoms with van der Waals surface area (Å²) in [6.07, 6.45) is 6.19. The fraction of sp³-hybridized carbons (Fsp3) is 0. The maximum absolute atomic E-state index is 8.36. The van der Waals surface area contributed by atoms with Crippen molar-refractivity contribution >= 4 is 0 Å². The van der Waals surface area contributed by atoms with Crippen molar-refractivity contribution < 1.29 is 50.2 Å². The van der Waals surface area contributed by atoms with Crippen molar-refractivity contribution in [3.63, 3.8) is 0 Å². The molecule has 0 aliphatic carbocycles. The van der Waals surface area contributed by atoms with Gasteiger partial charge in [0.2, 0.25) is 0 Å². The van der Waals surface area contributed by atoms with Crippen LogP contribution in [0.25, 0.3) is 0 Å². The molecule has 0 fully saturated rings. The molecule has 148 valence electrons. The lowest BCUT2D eigenvalue weighted by atomic mass is 10.8. The SMILES string of the molecule is O=[N+]([O-])O.O=[N+]([O-])O.O=[N+]([O-])O.O=[N+]([O-])O.c1cnoc1.c1cnoc1. The van der Waals surface area contributed by atoms with E-state index in [1.54, 1.807) is 24.5 Å². The Balaban J connectivity index is -0.000000112. The highest BCUT2D eigenvalue weighted by molar-refractivity contribution is 4.68. The largest absolute Gasteiger partial charge is 0.365 e. The second-order valence-corrected chi connectivity index (χ2v) is 2.33. The zero-order valence-electron chi connectivity index (χ0n) is 12.0. The lowest BCUT2D eigenvalue weighted by molar-refractivity contribution is -0.742. The number of rotatable bonds is 0. The Bertz CT molecular complexity index is 418. The van der Waals surface area contributed by atoms with E-state index in [0.29, 0.717) is 0 Å². The van der Waals surface area contributed by atoms with E-state index in [4.69, 9.17) is 61.3 Å². The lowest BCUT2D eigenvalue weighted by Gasteiger charge is -1.56. The Labute approximate surface area is 139 Å². The van der Waals surface area contributed by atoms with Crippen LogP contribution in [0.4, 0.5) is 0 Å². The molecule has 0 saturated carbocycles. The molecule has 0 saturated heterocycles. The van der Waals surface area contributed by atoms with Gasteiger partial charge in [-0.05, 0) is 12.1 Å². The predicted molar refractivity (Wildman–Crippen MR) is 68.1 cm³/mol. The average Bonchev–Trinajstić information content (AvgIpc) is 3.16. The van der Waals surface area contributed by atoms with Crippen LogP contribution in [0.15, 0.2) is 46.1 Å². The third kappa shape index (κ3) is 234.